The summed E-state index contributed by atoms with van der Waals surface area (Å²) in [7, 11) is 0. The fourth-order valence-corrected chi connectivity index (χ4v) is 3.08. The monoisotopic (exact) mass is 332 g/mol. The molecule has 0 saturated carbocycles. The van der Waals surface area contributed by atoms with Gasteiger partial charge in [0.25, 0.3) is 5.91 Å². The van der Waals surface area contributed by atoms with Gasteiger partial charge in [0.05, 0.1) is 10.6 Å². The van der Waals surface area contributed by atoms with Gasteiger partial charge in [-0.05, 0) is 25.1 Å². The van der Waals surface area contributed by atoms with Crippen LogP contribution in [-0.2, 0) is 0 Å². The minimum absolute atomic E-state index is 0.0611. The van der Waals surface area contributed by atoms with Crippen LogP contribution in [0.3, 0.4) is 0 Å². The minimum Gasteiger partial charge on any atom is -0.489 e. The number of rotatable bonds is 1. The Labute approximate surface area is 135 Å². The molecule has 2 atom stereocenters. The van der Waals surface area contributed by atoms with Gasteiger partial charge >= 0.3 is 0 Å². The molecular weight excluding hydrogens is 319 g/mol. The highest BCUT2D eigenvalue weighted by Crippen LogP contribution is 2.42. The number of nitrogens with two attached hydrogens (primary N) is 1. The van der Waals surface area contributed by atoms with Crippen molar-refractivity contribution in [2.24, 2.45) is 5.73 Å². The number of hydrogen-bond acceptors (Lipinski definition) is 5. The van der Waals surface area contributed by atoms with E-state index in [2.05, 4.69) is 16.8 Å². The van der Waals surface area contributed by atoms with Gasteiger partial charge < -0.3 is 15.6 Å². The van der Waals surface area contributed by atoms with Crippen molar-refractivity contribution in [2.75, 3.05) is 6.61 Å². The lowest BCUT2D eigenvalue weighted by Crippen LogP contribution is -2.10. The molecule has 0 spiro atoms. The summed E-state index contributed by atoms with van der Waals surface area (Å²) in [4.78, 5) is 15.8. The number of fused-ring (bicyclic) bond motifs is 3. The number of amides is 1. The van der Waals surface area contributed by atoms with Crippen molar-refractivity contribution in [1.82, 2.24) is 4.98 Å². The number of halogens is 1. The van der Waals surface area contributed by atoms with E-state index < -0.39 is 18.2 Å². The molecule has 1 aliphatic rings. The zero-order valence-corrected chi connectivity index (χ0v) is 13.0. The van der Waals surface area contributed by atoms with Gasteiger partial charge in [0.2, 0.25) is 0 Å². The average Bonchev–Trinajstić information content (AvgIpc) is 2.91. The second-order valence-electron chi connectivity index (χ2n) is 5.03. The van der Waals surface area contributed by atoms with E-state index in [4.69, 9.17) is 10.5 Å². The van der Waals surface area contributed by atoms with Crippen LogP contribution in [0.15, 0.2) is 18.2 Å². The lowest BCUT2D eigenvalue weighted by molar-refractivity contribution is 0.1000. The van der Waals surface area contributed by atoms with Crippen molar-refractivity contribution in [3.05, 3.63) is 33.6 Å². The number of aliphatic hydroxyl groups is 1. The van der Waals surface area contributed by atoms with Crippen molar-refractivity contribution in [2.45, 2.75) is 19.2 Å². The highest BCUT2D eigenvalue weighted by Gasteiger charge is 2.28. The maximum absolute atomic E-state index is 14.3. The topological polar surface area (TPSA) is 85.4 Å². The molecule has 1 amide bonds. The second-order valence-corrected chi connectivity index (χ2v) is 6.06. The Morgan fingerprint density at radius 2 is 2.39 bits per heavy atom. The van der Waals surface area contributed by atoms with Crippen molar-refractivity contribution >= 4 is 17.2 Å². The molecule has 3 N–H and O–H groups in total. The minimum atomic E-state index is -1.38. The summed E-state index contributed by atoms with van der Waals surface area (Å²) in [5.74, 6) is 5.24. The smallest absolute Gasteiger partial charge is 0.277 e. The summed E-state index contributed by atoms with van der Waals surface area (Å²) in [5, 5.41) is 9.31. The number of benzene rings is 1. The molecule has 0 fully saturated rings. The van der Waals surface area contributed by atoms with Crippen molar-refractivity contribution in [3.63, 3.8) is 0 Å². The van der Waals surface area contributed by atoms with Crippen LogP contribution in [0.5, 0.6) is 5.75 Å². The van der Waals surface area contributed by atoms with Gasteiger partial charge in [-0.25, -0.2) is 9.37 Å². The predicted molar refractivity (Wildman–Crippen MR) is 84.0 cm³/mol. The van der Waals surface area contributed by atoms with Gasteiger partial charge in [-0.3, -0.25) is 4.79 Å². The van der Waals surface area contributed by atoms with E-state index in [1.807, 2.05) is 0 Å². The van der Waals surface area contributed by atoms with Crippen molar-refractivity contribution in [1.29, 1.82) is 0 Å². The summed E-state index contributed by atoms with van der Waals surface area (Å²) in [6.07, 6.45) is -2.13. The van der Waals surface area contributed by atoms with Crippen LogP contribution in [0.4, 0.5) is 4.39 Å². The number of ether oxygens (including phenoxy) is 1. The van der Waals surface area contributed by atoms with Gasteiger partial charge in [-0.15, -0.1) is 11.3 Å². The first-order valence-electron chi connectivity index (χ1n) is 6.87. The normalized spacial score (nSPS) is 16.9. The molecule has 23 heavy (non-hydrogen) atoms. The molecule has 5 nitrogen and oxygen atoms in total. The third-order valence-electron chi connectivity index (χ3n) is 3.19. The number of carbonyl (C=O) groups is 1. The molecule has 1 aromatic heterocycles. The van der Waals surface area contributed by atoms with Gasteiger partial charge in [-0.2, -0.15) is 0 Å². The molecule has 2 heterocycles. The maximum atomic E-state index is 14.3. The Bertz CT molecular complexity index is 836. The quantitative estimate of drug-likeness (QED) is 0.783. The van der Waals surface area contributed by atoms with Gasteiger partial charge in [0, 0.05) is 11.1 Å². The number of aliphatic hydroxyl groups excluding tert-OH is 1. The van der Waals surface area contributed by atoms with Crippen LogP contribution in [-0.4, -0.2) is 28.7 Å². The third kappa shape index (κ3) is 3.04. The first kappa shape index (κ1) is 15.5. The first-order valence-corrected chi connectivity index (χ1v) is 7.68. The lowest BCUT2D eigenvalue weighted by atomic mass is 10.1. The SMILES string of the molecule is CC(O)C#Cc1ccc2c(c1)-c1nc(C(N)=O)sc1C(F)CO2. The molecule has 0 bridgehead atoms. The fraction of sp³-hybridized carbons (Fsp3) is 0.250. The number of alkyl halides is 1. The molecule has 0 aliphatic carbocycles. The van der Waals surface area contributed by atoms with E-state index in [0.29, 0.717) is 27.4 Å². The molecule has 0 radical (unpaired) electrons. The largest absolute Gasteiger partial charge is 0.489 e. The van der Waals surface area contributed by atoms with E-state index in [-0.39, 0.29) is 11.6 Å². The Morgan fingerprint density at radius 1 is 1.61 bits per heavy atom. The van der Waals surface area contributed by atoms with E-state index in [9.17, 15) is 14.3 Å². The first-order chi connectivity index (χ1) is 11.0. The summed E-state index contributed by atoms with van der Waals surface area (Å²) in [6.45, 7) is 1.41. The zero-order chi connectivity index (χ0) is 16.6. The number of carbonyl (C=O) groups excluding carboxylic acids is 1. The highest BCUT2D eigenvalue weighted by atomic mass is 32.1. The van der Waals surface area contributed by atoms with E-state index in [1.54, 1.807) is 25.1 Å². The van der Waals surface area contributed by atoms with Crippen LogP contribution in [0.25, 0.3) is 11.3 Å². The number of thiazole rings is 1. The molecule has 1 aliphatic heterocycles. The fourth-order valence-electron chi connectivity index (χ4n) is 2.19. The predicted octanol–water partition coefficient (Wildman–Crippen LogP) is 2.04. The third-order valence-corrected chi connectivity index (χ3v) is 4.35. The van der Waals surface area contributed by atoms with Crippen LogP contribution in [0, 0.1) is 11.8 Å². The molecule has 3 rings (SSSR count). The Morgan fingerprint density at radius 3 is 3.09 bits per heavy atom. The van der Waals surface area contributed by atoms with Crippen LogP contribution in [0.1, 0.15) is 33.3 Å². The van der Waals surface area contributed by atoms with Gasteiger partial charge in [-0.1, -0.05) is 11.8 Å². The number of aromatic nitrogens is 1. The Kier molecular flexibility index (Phi) is 4.03. The van der Waals surface area contributed by atoms with Gasteiger partial charge in [0.1, 0.15) is 18.5 Å². The zero-order valence-electron chi connectivity index (χ0n) is 12.2. The van der Waals surface area contributed by atoms with Crippen LogP contribution >= 0.6 is 11.3 Å². The average molecular weight is 332 g/mol. The second kappa shape index (κ2) is 5.99. The summed E-state index contributed by atoms with van der Waals surface area (Å²) >= 11 is 0.936. The standard InChI is InChI=1S/C16H13FN2O3S/c1-8(20)2-3-9-4-5-12-10(6-9)13-14(11(17)7-22-12)23-16(19-13)15(18)21/h4-6,8,11,20H,7H2,1H3,(H2,18,21). The van der Waals surface area contributed by atoms with Gasteiger partial charge in [0.15, 0.2) is 11.2 Å². The van der Waals surface area contributed by atoms with Crippen LogP contribution < -0.4 is 10.5 Å². The lowest BCUT2D eigenvalue weighted by Gasteiger charge is -2.07. The van der Waals surface area contributed by atoms with Crippen LogP contribution in [0.2, 0.25) is 0 Å². The molecule has 7 heteroatoms. The molecule has 1 aromatic carbocycles. The molecule has 2 unspecified atom stereocenters. The summed E-state index contributed by atoms with van der Waals surface area (Å²) < 4.78 is 19.7. The highest BCUT2D eigenvalue weighted by molar-refractivity contribution is 7.14. The van der Waals surface area contributed by atoms with E-state index >= 15 is 0 Å². The molecule has 118 valence electrons. The number of primary amides is 1. The van der Waals surface area contributed by atoms with E-state index in [1.165, 1.54) is 0 Å². The Balaban J connectivity index is 2.15. The van der Waals surface area contributed by atoms with Crippen molar-refractivity contribution in [3.8, 4) is 28.8 Å². The maximum Gasteiger partial charge on any atom is 0.277 e. The number of nitrogens with zero attached hydrogens (tertiary/aromatic N) is 1. The molecule has 2 aromatic rings. The van der Waals surface area contributed by atoms with E-state index in [0.717, 1.165) is 11.3 Å². The summed E-state index contributed by atoms with van der Waals surface area (Å²) in [6, 6.07) is 5.09. The molecular formula is C16H13FN2O3S. The Hall–Kier alpha value is -2.43. The molecule has 0 saturated heterocycles. The van der Waals surface area contributed by atoms with Crippen molar-refractivity contribution < 1.29 is 19.0 Å². The summed E-state index contributed by atoms with van der Waals surface area (Å²) in [5.41, 5.74) is 6.78. The number of hydrogen-bond donors (Lipinski definition) is 2.